The highest BCUT2D eigenvalue weighted by Gasteiger charge is 2.24. The number of methoxy groups -OCH3 is 1. The van der Waals surface area contributed by atoms with Crippen molar-refractivity contribution in [3.8, 4) is 5.75 Å². The van der Waals surface area contributed by atoms with Crippen LogP contribution in [-0.4, -0.2) is 29.2 Å². The Balaban J connectivity index is 1.82. The molecule has 0 saturated heterocycles. The van der Waals surface area contributed by atoms with Crippen molar-refractivity contribution in [1.82, 2.24) is 9.97 Å². The van der Waals surface area contributed by atoms with Gasteiger partial charge < -0.3 is 4.74 Å². The number of aromatic nitrogens is 2. The molecule has 0 spiro atoms. The Labute approximate surface area is 183 Å². The van der Waals surface area contributed by atoms with Crippen LogP contribution in [0.1, 0.15) is 21.6 Å². The number of aryl methyl sites for hydroxylation is 1. The van der Waals surface area contributed by atoms with Crippen molar-refractivity contribution < 1.29 is 9.53 Å². The summed E-state index contributed by atoms with van der Waals surface area (Å²) in [6, 6.07) is 17.3. The highest BCUT2D eigenvalue weighted by Crippen LogP contribution is 2.37. The van der Waals surface area contributed by atoms with Crippen molar-refractivity contribution in [3.05, 3.63) is 77.6 Å². The van der Waals surface area contributed by atoms with E-state index in [1.165, 1.54) is 11.3 Å². The minimum Gasteiger partial charge on any atom is -0.494 e. The third-order valence-corrected chi connectivity index (χ3v) is 6.69. The lowest BCUT2D eigenvalue weighted by molar-refractivity contribution is 0.0984. The molecular formula is C23H21N3O2S2. The normalized spacial score (nSPS) is 10.9. The van der Waals surface area contributed by atoms with Crippen molar-refractivity contribution in [3.63, 3.8) is 0 Å². The zero-order chi connectivity index (χ0) is 21.1. The molecular weight excluding hydrogens is 414 g/mol. The molecule has 4 aromatic rings. The van der Waals surface area contributed by atoms with Crippen molar-refractivity contribution >= 4 is 44.4 Å². The van der Waals surface area contributed by atoms with Crippen LogP contribution in [0.2, 0.25) is 0 Å². The number of rotatable bonds is 6. The lowest BCUT2D eigenvalue weighted by Crippen LogP contribution is -2.30. The summed E-state index contributed by atoms with van der Waals surface area (Å²) >= 11 is 3.10. The molecule has 30 heavy (non-hydrogen) atoms. The largest absolute Gasteiger partial charge is 0.494 e. The van der Waals surface area contributed by atoms with Gasteiger partial charge in [-0.25, -0.2) is 4.98 Å². The van der Waals surface area contributed by atoms with Gasteiger partial charge in [0.05, 0.1) is 24.0 Å². The second kappa shape index (κ2) is 8.85. The van der Waals surface area contributed by atoms with E-state index in [-0.39, 0.29) is 5.91 Å². The van der Waals surface area contributed by atoms with Gasteiger partial charge in [0.15, 0.2) is 5.13 Å². The number of thiazole rings is 1. The zero-order valence-corrected chi connectivity index (χ0v) is 18.6. The van der Waals surface area contributed by atoms with Crippen molar-refractivity contribution in [2.45, 2.75) is 18.4 Å². The predicted molar refractivity (Wildman–Crippen MR) is 124 cm³/mol. The summed E-state index contributed by atoms with van der Waals surface area (Å²) in [4.78, 5) is 25.5. The first-order valence-corrected chi connectivity index (χ1v) is 11.4. The molecule has 1 amide bonds. The third-order valence-electron chi connectivity index (χ3n) is 4.75. The Morgan fingerprint density at radius 2 is 2.03 bits per heavy atom. The number of hydrogen-bond donors (Lipinski definition) is 0. The fourth-order valence-electron chi connectivity index (χ4n) is 3.17. The molecule has 0 N–H and O–H groups in total. The van der Waals surface area contributed by atoms with Crippen LogP contribution in [0.3, 0.4) is 0 Å². The van der Waals surface area contributed by atoms with Gasteiger partial charge in [0.1, 0.15) is 11.3 Å². The molecule has 0 unspecified atom stereocenters. The van der Waals surface area contributed by atoms with E-state index in [2.05, 4.69) is 4.98 Å². The smallest absolute Gasteiger partial charge is 0.260 e. The Morgan fingerprint density at radius 3 is 2.77 bits per heavy atom. The minimum absolute atomic E-state index is 0.104. The highest BCUT2D eigenvalue weighted by molar-refractivity contribution is 7.98. The quantitative estimate of drug-likeness (QED) is 0.370. The maximum atomic E-state index is 13.6. The molecule has 0 aliphatic carbocycles. The number of fused-ring (bicyclic) bond motifs is 1. The van der Waals surface area contributed by atoms with Crippen molar-refractivity contribution in [2.24, 2.45) is 0 Å². The van der Waals surface area contributed by atoms with E-state index in [0.29, 0.717) is 23.0 Å². The Morgan fingerprint density at radius 1 is 1.17 bits per heavy atom. The summed E-state index contributed by atoms with van der Waals surface area (Å²) in [5.74, 6) is 0.597. The lowest BCUT2D eigenvalue weighted by atomic mass is 10.2. The van der Waals surface area contributed by atoms with E-state index >= 15 is 0 Å². The Hall–Kier alpha value is -2.90. The maximum absolute atomic E-state index is 13.6. The van der Waals surface area contributed by atoms with Crippen LogP contribution in [0.25, 0.3) is 10.2 Å². The molecule has 152 valence electrons. The first-order valence-electron chi connectivity index (χ1n) is 9.40. The number of pyridine rings is 1. The summed E-state index contributed by atoms with van der Waals surface area (Å²) < 4.78 is 6.51. The second-order valence-electron chi connectivity index (χ2n) is 6.70. The highest BCUT2D eigenvalue weighted by atomic mass is 32.2. The van der Waals surface area contributed by atoms with Gasteiger partial charge in [0.2, 0.25) is 0 Å². The van der Waals surface area contributed by atoms with Crippen LogP contribution >= 0.6 is 23.1 Å². The molecule has 0 radical (unpaired) electrons. The minimum atomic E-state index is -0.104. The monoisotopic (exact) mass is 435 g/mol. The number of carbonyl (C=O) groups excluding carboxylic acids is 1. The molecule has 0 aliphatic rings. The number of thioether (sulfide) groups is 1. The predicted octanol–water partition coefficient (Wildman–Crippen LogP) is 5.58. The number of nitrogens with zero attached hydrogens (tertiary/aromatic N) is 3. The number of hydrogen-bond acceptors (Lipinski definition) is 6. The number of ether oxygens (including phenoxy) is 1. The van der Waals surface area contributed by atoms with Crippen LogP contribution in [0.15, 0.2) is 65.7 Å². The molecule has 4 rings (SSSR count). The van der Waals surface area contributed by atoms with E-state index in [9.17, 15) is 4.79 Å². The molecule has 0 atom stereocenters. The number of amides is 1. The van der Waals surface area contributed by atoms with Crippen LogP contribution in [0, 0.1) is 6.92 Å². The molecule has 2 heterocycles. The Bertz CT molecular complexity index is 1190. The summed E-state index contributed by atoms with van der Waals surface area (Å²) in [5.41, 5.74) is 3.30. The van der Waals surface area contributed by atoms with E-state index in [4.69, 9.17) is 9.72 Å². The van der Waals surface area contributed by atoms with Gasteiger partial charge in [0.25, 0.3) is 5.91 Å². The fraction of sp³-hybridized carbons (Fsp3) is 0.174. The van der Waals surface area contributed by atoms with Gasteiger partial charge in [-0.15, -0.1) is 11.8 Å². The molecule has 0 aliphatic heterocycles. The van der Waals surface area contributed by atoms with Crippen LogP contribution < -0.4 is 9.64 Å². The topological polar surface area (TPSA) is 55.3 Å². The van der Waals surface area contributed by atoms with Crippen LogP contribution in [0.4, 0.5) is 5.13 Å². The van der Waals surface area contributed by atoms with Crippen LogP contribution in [-0.2, 0) is 6.54 Å². The second-order valence-corrected chi connectivity index (χ2v) is 8.56. The van der Waals surface area contributed by atoms with Gasteiger partial charge in [-0.05, 0) is 55.1 Å². The lowest BCUT2D eigenvalue weighted by Gasteiger charge is -2.20. The summed E-state index contributed by atoms with van der Waals surface area (Å²) in [7, 11) is 1.63. The molecule has 0 saturated carbocycles. The van der Waals surface area contributed by atoms with E-state index in [1.54, 1.807) is 30.0 Å². The standard InChI is InChI=1S/C23H21N3O2S2/c1-15-10-11-19(28-2)20-21(15)30-23(25-20)26(14-17-8-4-5-12-24-17)22(27)16-7-6-9-18(13-16)29-3/h4-13H,14H2,1-3H3. The zero-order valence-electron chi connectivity index (χ0n) is 17.0. The van der Waals surface area contributed by atoms with Crippen molar-refractivity contribution in [2.75, 3.05) is 18.3 Å². The summed E-state index contributed by atoms with van der Waals surface area (Å²) in [6.45, 7) is 2.38. The van der Waals surface area contributed by atoms with Gasteiger partial charge in [-0.1, -0.05) is 29.5 Å². The molecule has 0 bridgehead atoms. The number of anilines is 1. The first-order chi connectivity index (χ1) is 14.6. The summed E-state index contributed by atoms with van der Waals surface area (Å²) in [6.07, 6.45) is 3.73. The number of benzene rings is 2. The average molecular weight is 436 g/mol. The maximum Gasteiger partial charge on any atom is 0.260 e. The van der Waals surface area contributed by atoms with Gasteiger partial charge in [-0.3, -0.25) is 14.7 Å². The Kier molecular flexibility index (Phi) is 6.01. The average Bonchev–Trinajstić information content (AvgIpc) is 3.24. The van der Waals surface area contributed by atoms with E-state index < -0.39 is 0 Å². The number of carbonyl (C=O) groups is 1. The van der Waals surface area contributed by atoms with Gasteiger partial charge in [-0.2, -0.15) is 0 Å². The van der Waals surface area contributed by atoms with Gasteiger partial charge in [0, 0.05) is 16.7 Å². The summed E-state index contributed by atoms with van der Waals surface area (Å²) in [5, 5.41) is 0.628. The molecule has 0 fully saturated rings. The van der Waals surface area contributed by atoms with E-state index in [0.717, 1.165) is 26.4 Å². The molecule has 2 aromatic heterocycles. The SMILES string of the molecule is COc1ccc(C)c2sc(N(Cc3ccccn3)C(=O)c3cccc(SC)c3)nc12. The first kappa shape index (κ1) is 20.4. The van der Waals surface area contributed by atoms with E-state index in [1.807, 2.05) is 67.8 Å². The molecule has 5 nitrogen and oxygen atoms in total. The van der Waals surface area contributed by atoms with Gasteiger partial charge >= 0.3 is 0 Å². The van der Waals surface area contributed by atoms with Crippen LogP contribution in [0.5, 0.6) is 5.75 Å². The van der Waals surface area contributed by atoms with Crippen molar-refractivity contribution in [1.29, 1.82) is 0 Å². The fourth-order valence-corrected chi connectivity index (χ4v) is 4.68. The molecule has 7 heteroatoms. The third kappa shape index (κ3) is 4.04. The molecule has 2 aromatic carbocycles.